The molecule has 2 aliphatic heterocycles. The summed E-state index contributed by atoms with van der Waals surface area (Å²) in [6.07, 6.45) is 4.58. The number of nitrogens with one attached hydrogen (secondary N) is 3. The van der Waals surface area contributed by atoms with Gasteiger partial charge in [0.1, 0.15) is 5.66 Å². The molecule has 3 amide bonds. The van der Waals surface area contributed by atoms with E-state index in [1.165, 1.54) is 0 Å². The summed E-state index contributed by atoms with van der Waals surface area (Å²) in [4.78, 5) is 38.7. The van der Waals surface area contributed by atoms with Gasteiger partial charge < -0.3 is 20.9 Å². The molecular formula is C19H24N4O3. The average Bonchev–Trinajstić information content (AvgIpc) is 2.73. The number of likely N-dealkylation sites (tertiary alicyclic amines) is 1. The third-order valence-corrected chi connectivity index (χ3v) is 5.63. The lowest BCUT2D eigenvalue weighted by Gasteiger charge is -2.39. The lowest BCUT2D eigenvalue weighted by atomic mass is 9.93. The van der Waals surface area contributed by atoms with Crippen molar-refractivity contribution in [3.8, 4) is 0 Å². The van der Waals surface area contributed by atoms with Crippen LogP contribution in [0.15, 0.2) is 24.3 Å². The van der Waals surface area contributed by atoms with Gasteiger partial charge in [-0.2, -0.15) is 0 Å². The van der Waals surface area contributed by atoms with Crippen molar-refractivity contribution in [3.05, 3.63) is 29.8 Å². The highest BCUT2D eigenvalue weighted by atomic mass is 16.2. The van der Waals surface area contributed by atoms with Gasteiger partial charge in [-0.1, -0.05) is 12.1 Å². The lowest BCUT2D eigenvalue weighted by Crippen LogP contribution is -2.58. The molecule has 1 saturated carbocycles. The molecule has 26 heavy (non-hydrogen) atoms. The molecule has 1 saturated heterocycles. The van der Waals surface area contributed by atoms with Crippen molar-refractivity contribution in [2.45, 2.75) is 50.2 Å². The first kappa shape index (κ1) is 16.9. The molecule has 0 radical (unpaired) electrons. The van der Waals surface area contributed by atoms with Crippen LogP contribution >= 0.6 is 0 Å². The van der Waals surface area contributed by atoms with Crippen LogP contribution in [0.1, 0.15) is 48.9 Å². The average molecular weight is 356 g/mol. The zero-order chi connectivity index (χ0) is 18.1. The standard InChI is InChI=1S/C19H24N4O3/c24-16(20-13-4-3-5-13)12-23-11-10-19(9-8-17(23)25)21-15-7-2-1-6-14(15)18(26)22-19/h1-2,6-7,13,21H,3-5,8-12H2,(H,20,24)(H,22,26)/t19-/m0/s1. The number of carbonyl (C=O) groups is 3. The summed E-state index contributed by atoms with van der Waals surface area (Å²) in [5, 5.41) is 9.44. The maximum Gasteiger partial charge on any atom is 0.255 e. The Balaban J connectivity index is 1.43. The Morgan fingerprint density at radius 3 is 2.77 bits per heavy atom. The van der Waals surface area contributed by atoms with Gasteiger partial charge in [0.25, 0.3) is 5.91 Å². The fraction of sp³-hybridized carbons (Fsp3) is 0.526. The third-order valence-electron chi connectivity index (χ3n) is 5.63. The van der Waals surface area contributed by atoms with E-state index in [9.17, 15) is 14.4 Å². The maximum absolute atomic E-state index is 12.5. The monoisotopic (exact) mass is 356 g/mol. The minimum absolute atomic E-state index is 0.0412. The van der Waals surface area contributed by atoms with E-state index in [1.54, 1.807) is 11.0 Å². The number of carbonyl (C=O) groups excluding carboxylic acids is 3. The third kappa shape index (κ3) is 3.25. The molecule has 0 bridgehead atoms. The first-order valence-electron chi connectivity index (χ1n) is 9.32. The van der Waals surface area contributed by atoms with Gasteiger partial charge in [0.15, 0.2) is 0 Å². The second kappa shape index (κ2) is 6.63. The summed E-state index contributed by atoms with van der Waals surface area (Å²) in [6, 6.07) is 7.65. The van der Waals surface area contributed by atoms with Crippen molar-refractivity contribution >= 4 is 23.4 Å². The van der Waals surface area contributed by atoms with E-state index in [0.717, 1.165) is 24.9 Å². The second-order valence-corrected chi connectivity index (χ2v) is 7.47. The Kier molecular flexibility index (Phi) is 4.30. The number of hydrogen-bond acceptors (Lipinski definition) is 4. The molecule has 0 unspecified atom stereocenters. The number of nitrogens with zero attached hydrogens (tertiary/aromatic N) is 1. The molecule has 138 valence electrons. The summed E-state index contributed by atoms with van der Waals surface area (Å²) in [7, 11) is 0. The van der Waals surface area contributed by atoms with E-state index in [1.807, 2.05) is 18.2 Å². The number of para-hydroxylation sites is 1. The van der Waals surface area contributed by atoms with Gasteiger partial charge in [0.05, 0.1) is 12.1 Å². The fourth-order valence-corrected chi connectivity index (χ4v) is 3.83. The van der Waals surface area contributed by atoms with Crippen molar-refractivity contribution in [2.75, 3.05) is 18.4 Å². The zero-order valence-electron chi connectivity index (χ0n) is 14.7. The Bertz CT molecular complexity index is 746. The largest absolute Gasteiger partial charge is 0.362 e. The first-order valence-corrected chi connectivity index (χ1v) is 9.32. The van der Waals surface area contributed by atoms with Crippen molar-refractivity contribution in [2.24, 2.45) is 0 Å². The molecule has 4 rings (SSSR count). The quantitative estimate of drug-likeness (QED) is 0.760. The van der Waals surface area contributed by atoms with Gasteiger partial charge in [0.2, 0.25) is 11.8 Å². The van der Waals surface area contributed by atoms with Crippen LogP contribution in [0.3, 0.4) is 0 Å². The Hall–Kier alpha value is -2.57. The second-order valence-electron chi connectivity index (χ2n) is 7.47. The molecule has 3 N–H and O–H groups in total. The molecule has 1 aromatic rings. The van der Waals surface area contributed by atoms with Crippen LogP contribution in [0, 0.1) is 0 Å². The maximum atomic E-state index is 12.5. The van der Waals surface area contributed by atoms with E-state index in [-0.39, 0.29) is 30.3 Å². The first-order chi connectivity index (χ1) is 12.5. The molecule has 1 aromatic carbocycles. The van der Waals surface area contributed by atoms with Crippen LogP contribution in [0.2, 0.25) is 0 Å². The smallest absolute Gasteiger partial charge is 0.255 e. The highest BCUT2D eigenvalue weighted by Gasteiger charge is 2.40. The highest BCUT2D eigenvalue weighted by molar-refractivity contribution is 6.02. The van der Waals surface area contributed by atoms with Crippen molar-refractivity contribution in [1.29, 1.82) is 0 Å². The molecule has 1 spiro atoms. The molecule has 1 aliphatic carbocycles. The summed E-state index contributed by atoms with van der Waals surface area (Å²) in [5.74, 6) is -0.256. The predicted octanol–water partition coefficient (Wildman–Crippen LogP) is 1.22. The Morgan fingerprint density at radius 1 is 1.19 bits per heavy atom. The zero-order valence-corrected chi connectivity index (χ0v) is 14.7. The number of benzene rings is 1. The van der Waals surface area contributed by atoms with Gasteiger partial charge in [-0.15, -0.1) is 0 Å². The number of hydrogen-bond donors (Lipinski definition) is 3. The van der Waals surface area contributed by atoms with Crippen LogP contribution in [-0.4, -0.2) is 47.4 Å². The van der Waals surface area contributed by atoms with Crippen LogP contribution in [0.4, 0.5) is 5.69 Å². The fourth-order valence-electron chi connectivity index (χ4n) is 3.83. The van der Waals surface area contributed by atoms with Gasteiger partial charge in [-0.05, 0) is 37.8 Å². The normalized spacial score (nSPS) is 25.6. The highest BCUT2D eigenvalue weighted by Crippen LogP contribution is 2.31. The lowest BCUT2D eigenvalue weighted by molar-refractivity contribution is -0.136. The molecule has 7 heteroatoms. The topological polar surface area (TPSA) is 90.5 Å². The Morgan fingerprint density at radius 2 is 2.00 bits per heavy atom. The minimum Gasteiger partial charge on any atom is -0.362 e. The van der Waals surface area contributed by atoms with Crippen molar-refractivity contribution in [1.82, 2.24) is 15.5 Å². The van der Waals surface area contributed by atoms with Gasteiger partial charge in [0, 0.05) is 31.1 Å². The summed E-state index contributed by atoms with van der Waals surface area (Å²) < 4.78 is 0. The van der Waals surface area contributed by atoms with Gasteiger partial charge >= 0.3 is 0 Å². The summed E-state index contributed by atoms with van der Waals surface area (Å²) >= 11 is 0. The summed E-state index contributed by atoms with van der Waals surface area (Å²) in [6.45, 7) is 0.530. The van der Waals surface area contributed by atoms with Crippen LogP contribution in [0.5, 0.6) is 0 Å². The number of anilines is 1. The minimum atomic E-state index is -0.639. The predicted molar refractivity (Wildman–Crippen MR) is 96.5 cm³/mol. The molecule has 1 atom stereocenters. The molecule has 3 aliphatic rings. The SMILES string of the molecule is O=C(CN1CC[C@]2(CCC1=O)NC(=O)c1ccccc1N2)NC1CCC1. The van der Waals surface area contributed by atoms with Crippen molar-refractivity contribution in [3.63, 3.8) is 0 Å². The molecule has 7 nitrogen and oxygen atoms in total. The van der Waals surface area contributed by atoms with Crippen LogP contribution in [-0.2, 0) is 9.59 Å². The van der Waals surface area contributed by atoms with Crippen LogP contribution in [0.25, 0.3) is 0 Å². The van der Waals surface area contributed by atoms with E-state index in [0.29, 0.717) is 31.4 Å². The van der Waals surface area contributed by atoms with Crippen molar-refractivity contribution < 1.29 is 14.4 Å². The molecule has 0 aromatic heterocycles. The van der Waals surface area contributed by atoms with Gasteiger partial charge in [-0.25, -0.2) is 0 Å². The van der Waals surface area contributed by atoms with Crippen LogP contribution < -0.4 is 16.0 Å². The van der Waals surface area contributed by atoms with E-state index in [2.05, 4.69) is 16.0 Å². The van der Waals surface area contributed by atoms with E-state index < -0.39 is 5.66 Å². The number of fused-ring (bicyclic) bond motifs is 1. The molecule has 2 fully saturated rings. The Labute approximate surface area is 152 Å². The summed E-state index contributed by atoms with van der Waals surface area (Å²) in [5.41, 5.74) is 0.769. The van der Waals surface area contributed by atoms with Gasteiger partial charge in [-0.3, -0.25) is 14.4 Å². The molecule has 2 heterocycles. The molecular weight excluding hydrogens is 332 g/mol. The van der Waals surface area contributed by atoms with E-state index in [4.69, 9.17) is 0 Å². The number of amides is 3. The van der Waals surface area contributed by atoms with E-state index >= 15 is 0 Å². The number of rotatable bonds is 3.